The van der Waals surface area contributed by atoms with Crippen molar-refractivity contribution in [2.45, 2.75) is 104 Å². The minimum Gasteiger partial charge on any atom is -1.00 e. The van der Waals surface area contributed by atoms with E-state index in [-0.39, 0.29) is 12.4 Å². The molecule has 1 aromatic carbocycles. The molecule has 0 fully saturated rings. The van der Waals surface area contributed by atoms with Gasteiger partial charge >= 0.3 is 0 Å². The normalized spacial score (nSPS) is 11.4. The van der Waals surface area contributed by atoms with Crippen LogP contribution in [-0.2, 0) is 6.42 Å². The molecule has 0 bridgehead atoms. The van der Waals surface area contributed by atoms with Crippen molar-refractivity contribution in [3.05, 3.63) is 29.8 Å². The number of quaternary nitrogens is 1. The summed E-state index contributed by atoms with van der Waals surface area (Å²) < 4.78 is 1.03. The Hall–Kier alpha value is -0.530. The molecule has 0 atom stereocenters. The van der Waals surface area contributed by atoms with Crippen LogP contribution in [0.15, 0.2) is 24.3 Å². The Kier molecular flexibility index (Phi) is 16.1. The number of rotatable bonds is 16. The summed E-state index contributed by atoms with van der Waals surface area (Å²) in [6.45, 7) is 5.82. The van der Waals surface area contributed by atoms with Crippen molar-refractivity contribution in [3.63, 3.8) is 0 Å². The third-order valence-corrected chi connectivity index (χ3v) is 5.85. The molecule has 0 aliphatic rings. The standard InChI is InChI=1S/C25H46N.ClH/c1-5-7-8-9-10-11-12-13-14-15-16-17-20-23-26(3,4)25-22-19-18-21-24(25)6-2;/h18-19,21-22H,5-17,20,23H2,1-4H3;1H/q+1;/p-1. The van der Waals surface area contributed by atoms with Crippen LogP contribution in [0.1, 0.15) is 103 Å². The first-order valence-electron chi connectivity index (χ1n) is 11.5. The van der Waals surface area contributed by atoms with Gasteiger partial charge in [-0.3, -0.25) is 4.48 Å². The lowest BCUT2D eigenvalue weighted by molar-refractivity contribution is -0.00000587. The summed E-state index contributed by atoms with van der Waals surface area (Å²) in [6.07, 6.45) is 19.7. The zero-order valence-corrected chi connectivity index (χ0v) is 19.5. The van der Waals surface area contributed by atoms with Crippen LogP contribution in [0.4, 0.5) is 5.69 Å². The number of hydrogen-bond acceptors (Lipinski definition) is 0. The van der Waals surface area contributed by atoms with Gasteiger partial charge in [-0.25, -0.2) is 0 Å². The Morgan fingerprint density at radius 3 is 1.56 bits per heavy atom. The predicted molar refractivity (Wildman–Crippen MR) is 120 cm³/mol. The molecule has 1 rings (SSSR count). The van der Waals surface area contributed by atoms with Crippen molar-refractivity contribution in [1.82, 2.24) is 4.48 Å². The molecule has 2 heteroatoms. The molecule has 0 heterocycles. The van der Waals surface area contributed by atoms with Crippen molar-refractivity contribution in [3.8, 4) is 0 Å². The largest absolute Gasteiger partial charge is 1.00 e. The minimum atomic E-state index is 0. The molecule has 158 valence electrons. The van der Waals surface area contributed by atoms with Gasteiger partial charge in [0.25, 0.3) is 0 Å². The van der Waals surface area contributed by atoms with Gasteiger partial charge in [0.2, 0.25) is 0 Å². The lowest BCUT2D eigenvalue weighted by atomic mass is 10.0. The molecule has 0 unspecified atom stereocenters. The van der Waals surface area contributed by atoms with E-state index in [2.05, 4.69) is 52.2 Å². The maximum absolute atomic E-state index is 2.37. The van der Waals surface area contributed by atoms with Gasteiger partial charge in [-0.05, 0) is 25.3 Å². The van der Waals surface area contributed by atoms with E-state index in [9.17, 15) is 0 Å². The first kappa shape index (κ1) is 26.5. The van der Waals surface area contributed by atoms with Crippen LogP contribution in [0, 0.1) is 0 Å². The molecular formula is C25H46ClN. The van der Waals surface area contributed by atoms with Gasteiger partial charge in [-0.1, -0.05) is 103 Å². The van der Waals surface area contributed by atoms with Gasteiger partial charge in [0.15, 0.2) is 0 Å². The van der Waals surface area contributed by atoms with Crippen LogP contribution < -0.4 is 16.9 Å². The van der Waals surface area contributed by atoms with Crippen LogP contribution in [-0.4, -0.2) is 20.6 Å². The highest BCUT2D eigenvalue weighted by molar-refractivity contribution is 5.49. The zero-order valence-electron chi connectivity index (χ0n) is 18.7. The monoisotopic (exact) mass is 395 g/mol. The summed E-state index contributed by atoms with van der Waals surface area (Å²) in [5, 5.41) is 0. The summed E-state index contributed by atoms with van der Waals surface area (Å²) in [7, 11) is 4.74. The van der Waals surface area contributed by atoms with Gasteiger partial charge in [0.1, 0.15) is 5.69 Å². The second-order valence-electron chi connectivity index (χ2n) is 8.63. The smallest absolute Gasteiger partial charge is 0.135 e. The van der Waals surface area contributed by atoms with Crippen molar-refractivity contribution in [1.29, 1.82) is 0 Å². The van der Waals surface area contributed by atoms with Crippen LogP contribution >= 0.6 is 0 Å². The van der Waals surface area contributed by atoms with E-state index in [1.807, 2.05) is 0 Å². The van der Waals surface area contributed by atoms with E-state index in [1.165, 1.54) is 101 Å². The van der Waals surface area contributed by atoms with E-state index >= 15 is 0 Å². The van der Waals surface area contributed by atoms with E-state index in [1.54, 1.807) is 0 Å². The first-order chi connectivity index (χ1) is 12.6. The van der Waals surface area contributed by atoms with Gasteiger partial charge in [-0.15, -0.1) is 0 Å². The summed E-state index contributed by atoms with van der Waals surface area (Å²) in [4.78, 5) is 0. The third kappa shape index (κ3) is 11.8. The third-order valence-electron chi connectivity index (χ3n) is 5.85. The quantitative estimate of drug-likeness (QED) is 0.275. The Morgan fingerprint density at radius 2 is 1.07 bits per heavy atom. The zero-order chi connectivity index (χ0) is 19.1. The molecule has 0 saturated carbocycles. The SMILES string of the molecule is CCCCCCCCCCCCCCC[N+](C)(C)c1ccccc1CC.[Cl-]. The average molecular weight is 396 g/mol. The van der Waals surface area contributed by atoms with Gasteiger partial charge in [0, 0.05) is 5.56 Å². The Morgan fingerprint density at radius 1 is 0.630 bits per heavy atom. The van der Waals surface area contributed by atoms with Gasteiger partial charge in [0.05, 0.1) is 20.6 Å². The lowest BCUT2D eigenvalue weighted by Gasteiger charge is -2.31. The molecule has 1 nitrogen and oxygen atoms in total. The molecule has 0 aliphatic carbocycles. The topological polar surface area (TPSA) is 0 Å². The van der Waals surface area contributed by atoms with Crippen molar-refractivity contribution in [2.75, 3.05) is 20.6 Å². The van der Waals surface area contributed by atoms with Crippen molar-refractivity contribution < 1.29 is 12.4 Å². The number of hydrogen-bond donors (Lipinski definition) is 0. The van der Waals surface area contributed by atoms with Crippen LogP contribution in [0.2, 0.25) is 0 Å². The molecule has 1 aromatic rings. The average Bonchev–Trinajstić information content (AvgIpc) is 2.65. The number of para-hydroxylation sites is 1. The molecule has 0 N–H and O–H groups in total. The van der Waals surface area contributed by atoms with Crippen molar-refractivity contribution in [2.24, 2.45) is 0 Å². The van der Waals surface area contributed by atoms with E-state index < -0.39 is 0 Å². The van der Waals surface area contributed by atoms with Crippen LogP contribution in [0.3, 0.4) is 0 Å². The molecule has 0 amide bonds. The van der Waals surface area contributed by atoms with Crippen molar-refractivity contribution >= 4 is 5.69 Å². The highest BCUT2D eigenvalue weighted by Gasteiger charge is 2.20. The fourth-order valence-corrected chi connectivity index (χ4v) is 4.05. The maximum atomic E-state index is 2.37. The second kappa shape index (κ2) is 16.4. The molecule has 0 saturated heterocycles. The predicted octanol–water partition coefficient (Wildman–Crippen LogP) is 4.91. The highest BCUT2D eigenvalue weighted by Crippen LogP contribution is 2.25. The fourth-order valence-electron chi connectivity index (χ4n) is 4.05. The van der Waals surface area contributed by atoms with Crippen LogP contribution in [0.5, 0.6) is 0 Å². The van der Waals surface area contributed by atoms with Gasteiger partial charge < -0.3 is 12.4 Å². The number of aryl methyl sites for hydroxylation is 1. The second-order valence-corrected chi connectivity index (χ2v) is 8.63. The molecule has 27 heavy (non-hydrogen) atoms. The summed E-state index contributed by atoms with van der Waals surface area (Å²) in [5.74, 6) is 0. The highest BCUT2D eigenvalue weighted by atomic mass is 35.5. The fraction of sp³-hybridized carbons (Fsp3) is 0.760. The Labute approximate surface area is 176 Å². The molecule has 0 radical (unpaired) electrons. The summed E-state index contributed by atoms with van der Waals surface area (Å²) in [5.41, 5.74) is 3.01. The lowest BCUT2D eigenvalue weighted by Crippen LogP contribution is -3.00. The Bertz CT molecular complexity index is 455. The molecule has 0 aromatic heterocycles. The van der Waals surface area contributed by atoms with E-state index in [0.29, 0.717) is 0 Å². The number of benzene rings is 1. The van der Waals surface area contributed by atoms with Crippen LogP contribution in [0.25, 0.3) is 0 Å². The summed E-state index contributed by atoms with van der Waals surface area (Å²) >= 11 is 0. The Balaban J connectivity index is 0.00000676. The maximum Gasteiger partial charge on any atom is 0.135 e. The number of halogens is 1. The molecular weight excluding hydrogens is 350 g/mol. The first-order valence-corrected chi connectivity index (χ1v) is 11.5. The molecule has 0 spiro atoms. The number of nitrogens with zero attached hydrogens (tertiary/aromatic N) is 1. The van der Waals surface area contributed by atoms with Gasteiger partial charge in [-0.2, -0.15) is 0 Å². The molecule has 0 aliphatic heterocycles. The van der Waals surface area contributed by atoms with E-state index in [4.69, 9.17) is 0 Å². The van der Waals surface area contributed by atoms with E-state index in [0.717, 1.165) is 10.9 Å². The minimum absolute atomic E-state index is 0. The summed E-state index contributed by atoms with van der Waals surface area (Å²) in [6, 6.07) is 8.98. The number of unbranched alkanes of at least 4 members (excludes halogenated alkanes) is 12.